The van der Waals surface area contributed by atoms with E-state index in [-0.39, 0.29) is 17.7 Å². The van der Waals surface area contributed by atoms with E-state index in [0.29, 0.717) is 40.7 Å². The van der Waals surface area contributed by atoms with Gasteiger partial charge in [-0.3, -0.25) is 14.5 Å². The first kappa shape index (κ1) is 26.8. The van der Waals surface area contributed by atoms with Gasteiger partial charge in [-0.05, 0) is 93.0 Å². The average molecular weight is 647 g/mol. The van der Waals surface area contributed by atoms with Crippen molar-refractivity contribution in [2.45, 2.75) is 20.1 Å². The summed E-state index contributed by atoms with van der Waals surface area (Å²) in [5, 5.41) is 11.3. The Kier molecular flexibility index (Phi) is 8.19. The van der Waals surface area contributed by atoms with Gasteiger partial charge in [-0.25, -0.2) is 0 Å². The van der Waals surface area contributed by atoms with E-state index >= 15 is 0 Å². The number of carbonyl (C=O) groups excluding carboxylic acids is 2. The maximum Gasteiger partial charge on any atom is 0.293 e. The van der Waals surface area contributed by atoms with Gasteiger partial charge in [0.15, 0.2) is 11.5 Å². The number of imide groups is 1. The molecule has 1 fully saturated rings. The number of halogens is 1. The molecule has 2 amide bonds. The van der Waals surface area contributed by atoms with Crippen LogP contribution in [0, 0.1) is 14.9 Å². The zero-order valence-corrected chi connectivity index (χ0v) is 24.0. The van der Waals surface area contributed by atoms with E-state index in [0.717, 1.165) is 37.2 Å². The number of nitriles is 1. The van der Waals surface area contributed by atoms with Crippen LogP contribution in [-0.4, -0.2) is 22.7 Å². The number of amides is 2. The van der Waals surface area contributed by atoms with Crippen molar-refractivity contribution in [1.82, 2.24) is 4.90 Å². The first-order chi connectivity index (χ1) is 19.0. The van der Waals surface area contributed by atoms with Gasteiger partial charge in [0.25, 0.3) is 11.1 Å². The van der Waals surface area contributed by atoms with Crippen LogP contribution >= 0.6 is 34.4 Å². The topological polar surface area (TPSA) is 79.6 Å². The molecule has 0 bridgehead atoms. The van der Waals surface area contributed by atoms with Crippen molar-refractivity contribution in [2.24, 2.45) is 0 Å². The third kappa shape index (κ3) is 5.79. The summed E-state index contributed by atoms with van der Waals surface area (Å²) in [6, 6.07) is 27.1. The molecule has 1 saturated heterocycles. The maximum absolute atomic E-state index is 13.1. The summed E-state index contributed by atoms with van der Waals surface area (Å²) in [6.07, 6.45) is 1.69. The fourth-order valence-electron chi connectivity index (χ4n) is 4.37. The van der Waals surface area contributed by atoms with Crippen LogP contribution in [-0.2, 0) is 17.9 Å². The van der Waals surface area contributed by atoms with Crippen molar-refractivity contribution in [1.29, 1.82) is 5.26 Å². The normalized spacial score (nSPS) is 14.2. The first-order valence-corrected chi connectivity index (χ1v) is 14.2. The Balaban J connectivity index is 1.39. The average Bonchev–Trinajstić information content (AvgIpc) is 3.20. The molecule has 0 N–H and O–H groups in total. The number of hydrogen-bond acceptors (Lipinski definition) is 6. The van der Waals surface area contributed by atoms with Crippen LogP contribution in [0.25, 0.3) is 16.8 Å². The summed E-state index contributed by atoms with van der Waals surface area (Å²) in [4.78, 5) is 27.3. The summed E-state index contributed by atoms with van der Waals surface area (Å²) in [5.41, 5.74) is 2.87. The molecule has 0 aliphatic carbocycles. The van der Waals surface area contributed by atoms with Crippen molar-refractivity contribution < 1.29 is 19.1 Å². The second kappa shape index (κ2) is 11.9. The van der Waals surface area contributed by atoms with Crippen molar-refractivity contribution in [3.8, 4) is 17.6 Å². The van der Waals surface area contributed by atoms with Crippen LogP contribution in [0.4, 0.5) is 4.79 Å². The van der Waals surface area contributed by atoms with Crippen LogP contribution < -0.4 is 9.47 Å². The molecular formula is C31H23IN2O4S. The maximum atomic E-state index is 13.1. The molecule has 0 unspecified atom stereocenters. The summed E-state index contributed by atoms with van der Waals surface area (Å²) < 4.78 is 13.0. The minimum Gasteiger partial charge on any atom is -0.490 e. The minimum absolute atomic E-state index is 0.0500. The SMILES string of the molecule is CCOc1cc(/C=C2/SC(=O)N(Cc3ccccc3C#N)C2=O)cc(I)c1OCc1cccc2ccccc12. The number of ether oxygens (including phenoxy) is 2. The van der Waals surface area contributed by atoms with Crippen LogP contribution in [0.5, 0.6) is 11.5 Å². The van der Waals surface area contributed by atoms with Crippen LogP contribution in [0.2, 0.25) is 0 Å². The van der Waals surface area contributed by atoms with Crippen LogP contribution in [0.3, 0.4) is 0 Å². The minimum atomic E-state index is -0.387. The molecule has 0 aromatic heterocycles. The van der Waals surface area contributed by atoms with Gasteiger partial charge in [0.1, 0.15) is 6.61 Å². The number of thioether (sulfide) groups is 1. The number of nitrogens with zero attached hydrogens (tertiary/aromatic N) is 2. The molecule has 0 atom stereocenters. The van der Waals surface area contributed by atoms with Gasteiger partial charge in [-0.15, -0.1) is 0 Å². The predicted molar refractivity (Wildman–Crippen MR) is 161 cm³/mol. The molecule has 39 heavy (non-hydrogen) atoms. The third-order valence-electron chi connectivity index (χ3n) is 6.22. The number of benzene rings is 4. The monoisotopic (exact) mass is 646 g/mol. The fourth-order valence-corrected chi connectivity index (χ4v) is 5.99. The molecule has 0 radical (unpaired) electrons. The summed E-state index contributed by atoms with van der Waals surface area (Å²) in [7, 11) is 0. The number of fused-ring (bicyclic) bond motifs is 1. The van der Waals surface area contributed by atoms with Crippen molar-refractivity contribution >= 4 is 62.3 Å². The summed E-state index contributed by atoms with van der Waals surface area (Å²) in [5.74, 6) is 0.809. The van der Waals surface area contributed by atoms with Gasteiger partial charge < -0.3 is 9.47 Å². The van der Waals surface area contributed by atoms with Gasteiger partial charge in [0.05, 0.1) is 33.3 Å². The molecule has 4 aromatic rings. The van der Waals surface area contributed by atoms with E-state index in [9.17, 15) is 14.9 Å². The highest BCUT2D eigenvalue weighted by molar-refractivity contribution is 14.1. The van der Waals surface area contributed by atoms with Gasteiger partial charge in [0, 0.05) is 0 Å². The summed E-state index contributed by atoms with van der Waals surface area (Å²) >= 11 is 3.09. The lowest BCUT2D eigenvalue weighted by Gasteiger charge is -2.16. The van der Waals surface area contributed by atoms with Crippen LogP contribution in [0.15, 0.2) is 83.8 Å². The Bertz CT molecular complexity index is 1660. The zero-order chi connectivity index (χ0) is 27.4. The second-order valence-electron chi connectivity index (χ2n) is 8.73. The zero-order valence-electron chi connectivity index (χ0n) is 21.0. The molecule has 6 nitrogen and oxygen atoms in total. The molecule has 1 heterocycles. The van der Waals surface area contributed by atoms with Crippen molar-refractivity contribution in [2.75, 3.05) is 6.61 Å². The lowest BCUT2D eigenvalue weighted by Crippen LogP contribution is -2.27. The molecule has 1 aliphatic rings. The number of hydrogen-bond donors (Lipinski definition) is 0. The molecule has 1 aliphatic heterocycles. The Morgan fingerprint density at radius 2 is 1.72 bits per heavy atom. The number of rotatable bonds is 8. The molecule has 8 heteroatoms. The van der Waals surface area contributed by atoms with E-state index in [1.165, 1.54) is 4.90 Å². The first-order valence-electron chi connectivity index (χ1n) is 12.3. The molecule has 194 valence electrons. The molecule has 0 saturated carbocycles. The van der Waals surface area contributed by atoms with Gasteiger partial charge in [0.2, 0.25) is 0 Å². The molecular weight excluding hydrogens is 623 g/mol. The van der Waals surface area contributed by atoms with E-state index in [1.54, 1.807) is 30.3 Å². The number of carbonyl (C=O) groups is 2. The van der Waals surface area contributed by atoms with Crippen molar-refractivity contribution in [3.63, 3.8) is 0 Å². The van der Waals surface area contributed by atoms with E-state index in [4.69, 9.17) is 9.47 Å². The van der Waals surface area contributed by atoms with E-state index < -0.39 is 0 Å². The largest absolute Gasteiger partial charge is 0.490 e. The van der Waals surface area contributed by atoms with Gasteiger partial charge in [-0.1, -0.05) is 60.7 Å². The lowest BCUT2D eigenvalue weighted by atomic mass is 10.1. The lowest BCUT2D eigenvalue weighted by molar-refractivity contribution is -0.123. The Hall–Kier alpha value is -3.81. The highest BCUT2D eigenvalue weighted by Crippen LogP contribution is 2.38. The fraction of sp³-hybridized carbons (Fsp3) is 0.129. The predicted octanol–water partition coefficient (Wildman–Crippen LogP) is 7.53. The highest BCUT2D eigenvalue weighted by Gasteiger charge is 2.35. The molecule has 0 spiro atoms. The highest BCUT2D eigenvalue weighted by atomic mass is 127. The Morgan fingerprint density at radius 1 is 0.974 bits per heavy atom. The Morgan fingerprint density at radius 3 is 2.54 bits per heavy atom. The molecule has 5 rings (SSSR count). The summed E-state index contributed by atoms with van der Waals surface area (Å²) in [6.45, 7) is 2.77. The van der Waals surface area contributed by atoms with E-state index in [1.807, 2.05) is 37.3 Å². The standard InChI is InChI=1S/C31H23IN2O4S/c1-2-37-27-15-20(14-26(32)29(27)38-19-24-12-7-11-21-8-5-6-13-25(21)24)16-28-30(35)34(31(36)39-28)18-23-10-4-3-9-22(23)17-33/h3-16H,2,18-19H2,1H3/b28-16+. The quantitative estimate of drug-likeness (QED) is 0.146. The molecule has 4 aromatic carbocycles. The van der Waals surface area contributed by atoms with Gasteiger partial charge >= 0.3 is 0 Å². The van der Waals surface area contributed by atoms with Crippen LogP contribution in [0.1, 0.15) is 29.2 Å². The second-order valence-corrected chi connectivity index (χ2v) is 10.9. The smallest absolute Gasteiger partial charge is 0.293 e. The Labute approximate surface area is 244 Å². The van der Waals surface area contributed by atoms with Gasteiger partial charge in [-0.2, -0.15) is 5.26 Å². The van der Waals surface area contributed by atoms with Crippen molar-refractivity contribution in [3.05, 3.63) is 110 Å². The third-order valence-corrected chi connectivity index (χ3v) is 7.93. The van der Waals surface area contributed by atoms with E-state index in [2.05, 4.69) is 52.9 Å².